The zero-order chi connectivity index (χ0) is 13.8. The van der Waals surface area contributed by atoms with Crippen LogP contribution in [0.5, 0.6) is 0 Å². The molecule has 0 aliphatic heterocycles. The van der Waals surface area contributed by atoms with Gasteiger partial charge in [-0.25, -0.2) is 0 Å². The lowest BCUT2D eigenvalue weighted by molar-refractivity contribution is 0.0600. The van der Waals surface area contributed by atoms with Crippen LogP contribution < -0.4 is 0 Å². The Morgan fingerprint density at radius 2 is 1.17 bits per heavy atom. The summed E-state index contributed by atoms with van der Waals surface area (Å²) in [5.41, 5.74) is 0. The van der Waals surface area contributed by atoms with Crippen LogP contribution in [-0.4, -0.2) is 83.7 Å². The third-order valence-corrected chi connectivity index (χ3v) is 2.85. The molecule has 110 valence electrons. The van der Waals surface area contributed by atoms with Gasteiger partial charge in [-0.3, -0.25) is 4.90 Å². The van der Waals surface area contributed by atoms with Crippen molar-refractivity contribution < 1.29 is 15.3 Å². The van der Waals surface area contributed by atoms with Gasteiger partial charge < -0.3 is 20.2 Å². The normalized spacial score (nSPS) is 13.5. The molecule has 0 saturated heterocycles. The van der Waals surface area contributed by atoms with E-state index in [1.807, 2.05) is 4.90 Å². The molecular formula is C13H30N2O3. The molecular weight excluding hydrogens is 232 g/mol. The van der Waals surface area contributed by atoms with E-state index in [9.17, 15) is 5.11 Å². The quantitative estimate of drug-likeness (QED) is 0.453. The van der Waals surface area contributed by atoms with Gasteiger partial charge in [-0.2, -0.15) is 0 Å². The summed E-state index contributed by atoms with van der Waals surface area (Å²) in [6, 6.07) is 0. The van der Waals surface area contributed by atoms with E-state index in [0.29, 0.717) is 26.2 Å². The van der Waals surface area contributed by atoms with Crippen molar-refractivity contribution in [2.75, 3.05) is 52.5 Å². The highest BCUT2D eigenvalue weighted by Gasteiger charge is 2.14. The molecule has 0 aliphatic rings. The molecule has 5 nitrogen and oxygen atoms in total. The van der Waals surface area contributed by atoms with Gasteiger partial charge >= 0.3 is 0 Å². The van der Waals surface area contributed by atoms with Gasteiger partial charge in [0.15, 0.2) is 0 Å². The number of hydrogen-bond acceptors (Lipinski definition) is 5. The van der Waals surface area contributed by atoms with Crippen molar-refractivity contribution in [2.45, 2.75) is 32.8 Å². The second-order valence-electron chi connectivity index (χ2n) is 4.70. The molecule has 0 heterocycles. The Hall–Kier alpha value is -0.200. The van der Waals surface area contributed by atoms with E-state index in [2.05, 4.69) is 18.7 Å². The summed E-state index contributed by atoms with van der Waals surface area (Å²) in [6.45, 7) is 8.56. The molecule has 18 heavy (non-hydrogen) atoms. The van der Waals surface area contributed by atoms with Crippen LogP contribution in [0.3, 0.4) is 0 Å². The van der Waals surface area contributed by atoms with Crippen LogP contribution in [0.4, 0.5) is 0 Å². The first-order chi connectivity index (χ1) is 8.67. The monoisotopic (exact) mass is 262 g/mol. The highest BCUT2D eigenvalue weighted by atomic mass is 16.3. The molecule has 0 aromatic rings. The Balaban J connectivity index is 4.05. The smallest absolute Gasteiger partial charge is 0.0793 e. The fraction of sp³-hybridized carbons (Fsp3) is 1.00. The Kier molecular flexibility index (Phi) is 11.7. The molecule has 0 amide bonds. The molecule has 0 aromatic carbocycles. The van der Waals surface area contributed by atoms with E-state index >= 15 is 0 Å². The minimum atomic E-state index is -0.429. The molecule has 3 N–H and O–H groups in total. The van der Waals surface area contributed by atoms with Crippen LogP contribution >= 0.6 is 0 Å². The SMILES string of the molecule is CCCN(CCC)C[C@@H](O)CN(CCO)CCO. The molecule has 0 aromatic heterocycles. The average molecular weight is 262 g/mol. The van der Waals surface area contributed by atoms with Gasteiger partial charge in [0.1, 0.15) is 0 Å². The average Bonchev–Trinajstić information content (AvgIpc) is 2.30. The summed E-state index contributed by atoms with van der Waals surface area (Å²) in [6.07, 6.45) is 1.74. The number of aliphatic hydroxyl groups excluding tert-OH is 3. The summed E-state index contributed by atoms with van der Waals surface area (Å²) in [5.74, 6) is 0. The van der Waals surface area contributed by atoms with Crippen LogP contribution in [-0.2, 0) is 0 Å². The highest BCUT2D eigenvalue weighted by Crippen LogP contribution is 1.99. The Bertz CT molecular complexity index is 152. The second-order valence-corrected chi connectivity index (χ2v) is 4.70. The van der Waals surface area contributed by atoms with E-state index in [4.69, 9.17) is 10.2 Å². The Morgan fingerprint density at radius 1 is 0.778 bits per heavy atom. The molecule has 0 unspecified atom stereocenters. The summed E-state index contributed by atoms with van der Waals surface area (Å²) < 4.78 is 0. The minimum Gasteiger partial charge on any atom is -0.395 e. The van der Waals surface area contributed by atoms with E-state index in [0.717, 1.165) is 25.9 Å². The summed E-state index contributed by atoms with van der Waals surface area (Å²) in [7, 11) is 0. The molecule has 1 atom stereocenters. The first-order valence-corrected chi connectivity index (χ1v) is 7.02. The predicted octanol–water partition coefficient (Wildman–Crippen LogP) is -0.244. The van der Waals surface area contributed by atoms with Gasteiger partial charge in [-0.05, 0) is 25.9 Å². The van der Waals surface area contributed by atoms with Crippen molar-refractivity contribution in [1.29, 1.82) is 0 Å². The van der Waals surface area contributed by atoms with Gasteiger partial charge in [0, 0.05) is 26.2 Å². The maximum absolute atomic E-state index is 10.0. The molecule has 0 fully saturated rings. The topological polar surface area (TPSA) is 67.2 Å². The maximum Gasteiger partial charge on any atom is 0.0793 e. The van der Waals surface area contributed by atoms with Crippen LogP contribution in [0, 0.1) is 0 Å². The van der Waals surface area contributed by atoms with E-state index in [1.165, 1.54) is 0 Å². The fourth-order valence-electron chi connectivity index (χ4n) is 2.16. The molecule has 0 rings (SSSR count). The first kappa shape index (κ1) is 17.8. The standard InChI is InChI=1S/C13H30N2O3/c1-3-5-14(6-4-2)11-13(18)12-15(7-9-16)8-10-17/h13,16-18H,3-12H2,1-2H3/t13-/m1/s1. The van der Waals surface area contributed by atoms with Gasteiger partial charge in [-0.1, -0.05) is 13.8 Å². The van der Waals surface area contributed by atoms with Crippen molar-refractivity contribution >= 4 is 0 Å². The van der Waals surface area contributed by atoms with Crippen LogP contribution in [0.15, 0.2) is 0 Å². The van der Waals surface area contributed by atoms with Gasteiger partial charge in [0.25, 0.3) is 0 Å². The van der Waals surface area contributed by atoms with Gasteiger partial charge in [0.2, 0.25) is 0 Å². The molecule has 0 saturated carbocycles. The first-order valence-electron chi connectivity index (χ1n) is 7.02. The van der Waals surface area contributed by atoms with Crippen molar-refractivity contribution in [3.63, 3.8) is 0 Å². The number of hydrogen-bond donors (Lipinski definition) is 3. The zero-order valence-corrected chi connectivity index (χ0v) is 11.9. The van der Waals surface area contributed by atoms with Gasteiger partial charge in [0.05, 0.1) is 19.3 Å². The molecule has 0 spiro atoms. The fourth-order valence-corrected chi connectivity index (χ4v) is 2.16. The lowest BCUT2D eigenvalue weighted by Gasteiger charge is -2.28. The Labute approximate surface area is 111 Å². The van der Waals surface area contributed by atoms with E-state index < -0.39 is 6.10 Å². The molecule has 0 radical (unpaired) electrons. The van der Waals surface area contributed by atoms with E-state index in [-0.39, 0.29) is 13.2 Å². The molecule has 0 aliphatic carbocycles. The highest BCUT2D eigenvalue weighted by molar-refractivity contribution is 4.69. The summed E-state index contributed by atoms with van der Waals surface area (Å²) >= 11 is 0. The van der Waals surface area contributed by atoms with Crippen molar-refractivity contribution in [3.05, 3.63) is 0 Å². The maximum atomic E-state index is 10.0. The van der Waals surface area contributed by atoms with Gasteiger partial charge in [-0.15, -0.1) is 0 Å². The number of aliphatic hydroxyl groups is 3. The van der Waals surface area contributed by atoms with Crippen molar-refractivity contribution in [1.82, 2.24) is 9.80 Å². The summed E-state index contributed by atoms with van der Waals surface area (Å²) in [5, 5.41) is 27.9. The second kappa shape index (κ2) is 11.9. The Morgan fingerprint density at radius 3 is 1.50 bits per heavy atom. The van der Waals surface area contributed by atoms with Crippen molar-refractivity contribution in [3.8, 4) is 0 Å². The van der Waals surface area contributed by atoms with Crippen LogP contribution in [0.2, 0.25) is 0 Å². The third-order valence-electron chi connectivity index (χ3n) is 2.85. The third kappa shape index (κ3) is 8.83. The minimum absolute atomic E-state index is 0.0559. The lowest BCUT2D eigenvalue weighted by atomic mass is 10.2. The number of nitrogens with zero attached hydrogens (tertiary/aromatic N) is 2. The number of rotatable bonds is 12. The molecule has 5 heteroatoms. The lowest BCUT2D eigenvalue weighted by Crippen LogP contribution is -2.42. The van der Waals surface area contributed by atoms with Crippen LogP contribution in [0.1, 0.15) is 26.7 Å². The summed E-state index contributed by atoms with van der Waals surface area (Å²) in [4.78, 5) is 4.15. The van der Waals surface area contributed by atoms with Crippen LogP contribution in [0.25, 0.3) is 0 Å². The molecule has 0 bridgehead atoms. The predicted molar refractivity (Wildman–Crippen MR) is 73.6 cm³/mol. The van der Waals surface area contributed by atoms with E-state index in [1.54, 1.807) is 0 Å². The largest absolute Gasteiger partial charge is 0.395 e. The van der Waals surface area contributed by atoms with Crippen molar-refractivity contribution in [2.24, 2.45) is 0 Å². The zero-order valence-electron chi connectivity index (χ0n) is 11.9.